The van der Waals surface area contributed by atoms with Crippen LogP contribution in [0.2, 0.25) is 0 Å². The second-order valence-electron chi connectivity index (χ2n) is 13.0. The number of piperidine rings is 1. The molecule has 1 saturated carbocycles. The first-order valence-electron chi connectivity index (χ1n) is 15.4. The van der Waals surface area contributed by atoms with Crippen molar-refractivity contribution >= 4 is 17.5 Å². The largest absolute Gasteiger partial charge is 0.507 e. The van der Waals surface area contributed by atoms with Gasteiger partial charge in [0.05, 0.1) is 32.0 Å². The van der Waals surface area contributed by atoms with Crippen molar-refractivity contribution < 1.29 is 38.4 Å². The van der Waals surface area contributed by atoms with Gasteiger partial charge in [-0.25, -0.2) is 9.59 Å². The Bertz CT molecular complexity index is 1110. The summed E-state index contributed by atoms with van der Waals surface area (Å²) in [5.41, 5.74) is 2.76. The minimum Gasteiger partial charge on any atom is -0.507 e. The zero-order valence-electron chi connectivity index (χ0n) is 26.3. The van der Waals surface area contributed by atoms with Gasteiger partial charge in [0.25, 0.3) is 0 Å². The van der Waals surface area contributed by atoms with E-state index in [0.717, 1.165) is 67.6 Å². The molecule has 3 aliphatic rings. The molecule has 9 heteroatoms. The molecule has 1 aromatic carbocycles. The number of likely N-dealkylation sites (tertiary alicyclic amines) is 1. The number of aliphatic hydroxyl groups excluding tert-OH is 1. The lowest BCUT2D eigenvalue weighted by molar-refractivity contribution is -0.160. The number of carbonyl (C=O) groups excluding carboxylic acids is 2. The van der Waals surface area contributed by atoms with E-state index in [1.54, 1.807) is 0 Å². The SMILES string of the molecule is Cc1cc(C)c(C2=C(O)[C@]3(CC[C@H](OC4CCN(CCOCCOCC(=O)OC(C)(C)C)CC4)CC3)OC2=O)c(C)c1. The molecule has 4 rings (SSSR count). The molecule has 1 N–H and O–H groups in total. The Morgan fingerprint density at radius 2 is 1.57 bits per heavy atom. The maximum absolute atomic E-state index is 13.0. The Hall–Kier alpha value is -2.46. The number of nitrogens with zero attached hydrogens (tertiary/aromatic N) is 1. The molecule has 9 nitrogen and oxygen atoms in total. The summed E-state index contributed by atoms with van der Waals surface area (Å²) in [5, 5.41) is 11.3. The van der Waals surface area contributed by atoms with E-state index in [9.17, 15) is 14.7 Å². The van der Waals surface area contributed by atoms with Crippen LogP contribution in [0.5, 0.6) is 0 Å². The molecule has 0 atom stereocenters. The van der Waals surface area contributed by atoms with Gasteiger partial charge in [0.2, 0.25) is 0 Å². The Morgan fingerprint density at radius 3 is 2.19 bits per heavy atom. The first-order valence-corrected chi connectivity index (χ1v) is 15.4. The van der Waals surface area contributed by atoms with E-state index >= 15 is 0 Å². The van der Waals surface area contributed by atoms with Crippen molar-refractivity contribution in [3.8, 4) is 0 Å². The molecule has 1 saturated heterocycles. The highest BCUT2D eigenvalue weighted by atomic mass is 16.6. The summed E-state index contributed by atoms with van der Waals surface area (Å²) in [4.78, 5) is 27.0. The molecule has 0 amide bonds. The highest BCUT2D eigenvalue weighted by molar-refractivity contribution is 6.20. The second kappa shape index (κ2) is 13.9. The van der Waals surface area contributed by atoms with Crippen LogP contribution in [0.3, 0.4) is 0 Å². The fraction of sp³-hybridized carbons (Fsp3) is 0.697. The Labute approximate surface area is 250 Å². The highest BCUT2D eigenvalue weighted by Crippen LogP contribution is 2.47. The number of benzene rings is 1. The Morgan fingerprint density at radius 1 is 0.976 bits per heavy atom. The molecule has 2 heterocycles. The summed E-state index contributed by atoms with van der Waals surface area (Å²) >= 11 is 0. The van der Waals surface area contributed by atoms with Crippen LogP contribution in [0.15, 0.2) is 17.9 Å². The second-order valence-corrected chi connectivity index (χ2v) is 13.0. The molecule has 1 spiro atoms. The molecule has 42 heavy (non-hydrogen) atoms. The quantitative estimate of drug-likeness (QED) is 0.284. The minimum atomic E-state index is -0.930. The smallest absolute Gasteiger partial charge is 0.343 e. The molecule has 0 aromatic heterocycles. The van der Waals surface area contributed by atoms with Gasteiger partial charge in [-0.15, -0.1) is 0 Å². The van der Waals surface area contributed by atoms with Gasteiger partial charge in [-0.05, 0) is 96.8 Å². The van der Waals surface area contributed by atoms with Gasteiger partial charge in [0, 0.05) is 19.6 Å². The standard InChI is InChI=1S/C33H49NO8/c1-22-19-23(2)28(24(3)20-22)29-30(36)33(42-31(29)37)11-7-25(8-12-33)40-26-9-13-34(14-10-26)15-16-38-17-18-39-21-27(35)41-32(4,5)6/h19-20,25-26,36H,7-18,21H2,1-6H3/t25-,33+. The maximum Gasteiger partial charge on any atom is 0.343 e. The Kier molecular flexibility index (Phi) is 10.7. The van der Waals surface area contributed by atoms with E-state index in [1.807, 2.05) is 53.7 Å². The van der Waals surface area contributed by atoms with Crippen LogP contribution in [0.4, 0.5) is 0 Å². The predicted octanol–water partition coefficient (Wildman–Crippen LogP) is 4.98. The number of esters is 2. The van der Waals surface area contributed by atoms with Crippen LogP contribution in [-0.2, 0) is 33.3 Å². The van der Waals surface area contributed by atoms with E-state index < -0.39 is 17.2 Å². The number of aliphatic hydroxyl groups is 1. The maximum atomic E-state index is 13.0. The summed E-state index contributed by atoms with van der Waals surface area (Å²) in [6.45, 7) is 15.6. The average molecular weight is 588 g/mol. The summed E-state index contributed by atoms with van der Waals surface area (Å²) in [5.74, 6) is -0.701. The minimum absolute atomic E-state index is 0.0625. The zero-order chi connectivity index (χ0) is 30.5. The van der Waals surface area contributed by atoms with Crippen LogP contribution in [0.25, 0.3) is 5.57 Å². The number of hydrogen-bond donors (Lipinski definition) is 1. The van der Waals surface area contributed by atoms with E-state index in [2.05, 4.69) is 4.90 Å². The number of carbonyl (C=O) groups is 2. The summed E-state index contributed by atoms with van der Waals surface area (Å²) in [6.07, 6.45) is 4.90. The lowest BCUT2D eigenvalue weighted by atomic mass is 9.80. The zero-order valence-corrected chi connectivity index (χ0v) is 26.3. The van der Waals surface area contributed by atoms with Crippen LogP contribution >= 0.6 is 0 Å². The topological polar surface area (TPSA) is 104 Å². The van der Waals surface area contributed by atoms with Gasteiger partial charge < -0.3 is 33.7 Å². The summed E-state index contributed by atoms with van der Waals surface area (Å²) in [6, 6.07) is 4.08. The Balaban J connectivity index is 1.14. The van der Waals surface area contributed by atoms with Crippen LogP contribution in [0.1, 0.15) is 81.5 Å². The van der Waals surface area contributed by atoms with E-state index in [-0.39, 0.29) is 30.5 Å². The lowest BCUT2D eigenvalue weighted by Crippen LogP contribution is -2.43. The molecular weight excluding hydrogens is 538 g/mol. The van der Waals surface area contributed by atoms with Crippen molar-refractivity contribution in [2.75, 3.05) is 46.1 Å². The van der Waals surface area contributed by atoms with Crippen molar-refractivity contribution in [2.24, 2.45) is 0 Å². The molecule has 234 valence electrons. The van der Waals surface area contributed by atoms with Crippen molar-refractivity contribution in [1.82, 2.24) is 4.90 Å². The normalized spacial score (nSPS) is 24.0. The molecule has 2 aliphatic heterocycles. The number of hydrogen-bond acceptors (Lipinski definition) is 9. The molecule has 0 unspecified atom stereocenters. The third-order valence-corrected chi connectivity index (χ3v) is 8.31. The molecule has 2 fully saturated rings. The monoisotopic (exact) mass is 587 g/mol. The molecule has 1 aliphatic carbocycles. The molecular formula is C33H49NO8. The van der Waals surface area contributed by atoms with E-state index in [1.165, 1.54) is 0 Å². The van der Waals surface area contributed by atoms with Gasteiger partial charge in [0.1, 0.15) is 17.8 Å². The number of ether oxygens (including phenoxy) is 5. The highest BCUT2D eigenvalue weighted by Gasteiger charge is 2.51. The lowest BCUT2D eigenvalue weighted by Gasteiger charge is -2.39. The van der Waals surface area contributed by atoms with E-state index in [0.29, 0.717) is 38.2 Å². The fourth-order valence-electron chi connectivity index (χ4n) is 6.41. The predicted molar refractivity (Wildman–Crippen MR) is 159 cm³/mol. The van der Waals surface area contributed by atoms with Crippen molar-refractivity contribution in [3.05, 3.63) is 40.1 Å². The van der Waals surface area contributed by atoms with Gasteiger partial charge in [-0.2, -0.15) is 0 Å². The summed E-state index contributed by atoms with van der Waals surface area (Å²) < 4.78 is 28.6. The van der Waals surface area contributed by atoms with Gasteiger partial charge in [0.15, 0.2) is 11.4 Å². The summed E-state index contributed by atoms with van der Waals surface area (Å²) in [7, 11) is 0. The molecule has 1 aromatic rings. The molecule has 0 bridgehead atoms. The average Bonchev–Trinajstić information content (AvgIpc) is 3.13. The third-order valence-electron chi connectivity index (χ3n) is 8.31. The van der Waals surface area contributed by atoms with Gasteiger partial charge in [-0.3, -0.25) is 0 Å². The number of rotatable bonds is 11. The van der Waals surface area contributed by atoms with Crippen molar-refractivity contribution in [2.45, 2.75) is 103 Å². The van der Waals surface area contributed by atoms with E-state index in [4.69, 9.17) is 23.7 Å². The third kappa shape index (κ3) is 8.34. The number of aryl methyl sites for hydroxylation is 3. The van der Waals surface area contributed by atoms with Gasteiger partial charge in [-0.1, -0.05) is 17.7 Å². The fourth-order valence-corrected chi connectivity index (χ4v) is 6.41. The molecule has 0 radical (unpaired) electrons. The van der Waals surface area contributed by atoms with Gasteiger partial charge >= 0.3 is 11.9 Å². The van der Waals surface area contributed by atoms with Crippen molar-refractivity contribution in [1.29, 1.82) is 0 Å². The first kappa shape index (κ1) is 32.5. The van der Waals surface area contributed by atoms with Crippen LogP contribution in [0, 0.1) is 20.8 Å². The first-order chi connectivity index (χ1) is 19.9. The van der Waals surface area contributed by atoms with Crippen LogP contribution in [-0.4, -0.2) is 91.4 Å². The van der Waals surface area contributed by atoms with Crippen molar-refractivity contribution in [3.63, 3.8) is 0 Å². The van der Waals surface area contributed by atoms with Crippen LogP contribution < -0.4 is 0 Å².